The second-order valence-corrected chi connectivity index (χ2v) is 13.3. The molecule has 1 aliphatic rings. The number of amides is 1. The summed E-state index contributed by atoms with van der Waals surface area (Å²) in [6.07, 6.45) is -0.771. The number of hydrogen-bond acceptors (Lipinski definition) is 13. The Hall–Kier alpha value is -2.19. The minimum atomic E-state index is -4.43. The summed E-state index contributed by atoms with van der Waals surface area (Å²) in [4.78, 5) is 16.8. The van der Waals surface area contributed by atoms with Crippen molar-refractivity contribution in [1.29, 1.82) is 0 Å². The molecule has 1 aromatic carbocycles. The van der Waals surface area contributed by atoms with Gasteiger partial charge in [-0.05, 0) is 30.2 Å². The third kappa shape index (κ3) is 7.69. The predicted molar refractivity (Wildman–Crippen MR) is 133 cm³/mol. The van der Waals surface area contributed by atoms with Gasteiger partial charge in [0.25, 0.3) is 20.0 Å². The molecule has 1 amide bonds. The van der Waals surface area contributed by atoms with Gasteiger partial charge in [-0.25, -0.2) is 31.2 Å². The van der Waals surface area contributed by atoms with Crippen LogP contribution in [-0.2, 0) is 47.6 Å². The lowest BCUT2D eigenvalue weighted by Gasteiger charge is -2.32. The Morgan fingerprint density at radius 3 is 2.61 bits per heavy atom. The molecule has 212 valence electrons. The quantitative estimate of drug-likeness (QED) is 0.194. The van der Waals surface area contributed by atoms with Gasteiger partial charge in [0.15, 0.2) is 0 Å². The van der Waals surface area contributed by atoms with Gasteiger partial charge in [-0.1, -0.05) is 31.2 Å². The van der Waals surface area contributed by atoms with E-state index in [0.717, 1.165) is 0 Å². The molecule has 4 N–H and O–H groups in total. The Kier molecular flexibility index (Phi) is 10.6. The topological polar surface area (TPSA) is 184 Å². The normalized spacial score (nSPS) is 17.3. The second kappa shape index (κ2) is 13.2. The molecule has 1 atom stereocenters. The van der Waals surface area contributed by atoms with Gasteiger partial charge >= 0.3 is 6.09 Å². The van der Waals surface area contributed by atoms with Crippen LogP contribution in [0.4, 0.5) is 4.79 Å². The number of hydrogen-bond donors (Lipinski definition) is 4. The molecule has 0 bridgehead atoms. The third-order valence-corrected chi connectivity index (χ3v) is 10.8. The van der Waals surface area contributed by atoms with Crippen molar-refractivity contribution >= 4 is 37.5 Å². The van der Waals surface area contributed by atoms with Gasteiger partial charge in [-0.3, -0.25) is 10.4 Å². The number of benzene rings is 1. The highest BCUT2D eigenvalue weighted by Gasteiger charge is 2.40. The van der Waals surface area contributed by atoms with Gasteiger partial charge in [0.05, 0.1) is 12.0 Å². The van der Waals surface area contributed by atoms with E-state index in [0.29, 0.717) is 47.6 Å². The van der Waals surface area contributed by atoms with E-state index in [1.807, 2.05) is 11.6 Å². The Morgan fingerprint density at radius 1 is 1.24 bits per heavy atom. The number of carbonyl (C=O) groups is 1. The Morgan fingerprint density at radius 2 is 1.95 bits per heavy atom. The molecule has 14 nitrogen and oxygen atoms in total. The fourth-order valence-electron chi connectivity index (χ4n) is 3.76. The number of thiophene rings is 1. The highest BCUT2D eigenvalue weighted by molar-refractivity contribution is 7.94. The number of rotatable bonds is 13. The van der Waals surface area contributed by atoms with Crippen molar-refractivity contribution in [2.24, 2.45) is 0 Å². The number of likely N-dealkylation sites (N-methyl/N-ethyl adjacent to an activating group) is 1. The van der Waals surface area contributed by atoms with Gasteiger partial charge in [0, 0.05) is 38.4 Å². The molecule has 0 saturated carbocycles. The summed E-state index contributed by atoms with van der Waals surface area (Å²) >= 11 is 0.570. The monoisotopic (exact) mass is 594 g/mol. The van der Waals surface area contributed by atoms with Crippen molar-refractivity contribution in [3.63, 3.8) is 0 Å². The van der Waals surface area contributed by atoms with Crippen LogP contribution in [0.3, 0.4) is 0 Å². The van der Waals surface area contributed by atoms with E-state index in [1.165, 1.54) is 17.5 Å². The molecule has 1 aliphatic heterocycles. The Balaban J connectivity index is 1.72. The molecule has 17 heteroatoms. The van der Waals surface area contributed by atoms with Crippen LogP contribution < -0.4 is 10.0 Å². The van der Waals surface area contributed by atoms with Crippen molar-refractivity contribution < 1.29 is 46.4 Å². The molecule has 0 unspecified atom stereocenters. The molecule has 3 rings (SSSR count). The number of nitrogens with one attached hydrogen (secondary N) is 2. The molecule has 2 heterocycles. The highest BCUT2D eigenvalue weighted by atomic mass is 32.3. The van der Waals surface area contributed by atoms with Crippen LogP contribution in [0.25, 0.3) is 0 Å². The van der Waals surface area contributed by atoms with Gasteiger partial charge in [-0.15, -0.1) is 11.3 Å². The molecule has 0 saturated heterocycles. The van der Waals surface area contributed by atoms with E-state index < -0.39 is 37.6 Å². The van der Waals surface area contributed by atoms with Gasteiger partial charge in [-0.2, -0.15) is 4.31 Å². The van der Waals surface area contributed by atoms with E-state index in [-0.39, 0.29) is 34.7 Å². The minimum Gasteiger partial charge on any atom is -0.444 e. The maximum atomic E-state index is 13.2. The van der Waals surface area contributed by atoms with Gasteiger partial charge < -0.3 is 14.8 Å². The summed E-state index contributed by atoms with van der Waals surface area (Å²) in [5, 5.41) is 20.0. The lowest BCUT2D eigenvalue weighted by Crippen LogP contribution is -2.43. The zero-order valence-electron chi connectivity index (χ0n) is 20.7. The number of methoxy groups -OCH3 is 1. The van der Waals surface area contributed by atoms with Crippen LogP contribution in [-0.4, -0.2) is 76.4 Å². The van der Waals surface area contributed by atoms with Crippen molar-refractivity contribution in [3.05, 3.63) is 47.0 Å². The standard InChI is InChI=1S/C21H30N4O10S3/c1-3-22-18-12-24(8-5-9-33-2)38(31,32)20-17(18)11-19(36-20)37(29,30)23-21(26)34-13-15-6-4-7-16(10-15)14-35-25(27)28/h4,6-7,10-11,18,22,27-28H,3,5,8-9,12-14H2,1-2H3,(H,23,26)/t18-/m0/s1. The summed E-state index contributed by atoms with van der Waals surface area (Å²) in [5.74, 6) is 0. The van der Waals surface area contributed by atoms with Gasteiger partial charge in [0.2, 0.25) is 0 Å². The zero-order valence-corrected chi connectivity index (χ0v) is 23.1. The molecule has 38 heavy (non-hydrogen) atoms. The number of ether oxygens (including phenoxy) is 2. The summed E-state index contributed by atoms with van der Waals surface area (Å²) in [7, 11) is -6.85. The molecule has 1 aromatic heterocycles. The van der Waals surface area contributed by atoms with Crippen LogP contribution in [0.2, 0.25) is 0 Å². The molecule has 0 aliphatic carbocycles. The van der Waals surface area contributed by atoms with Crippen LogP contribution in [0.1, 0.15) is 36.1 Å². The summed E-state index contributed by atoms with van der Waals surface area (Å²) in [5.41, 5.74) is 1.35. The van der Waals surface area contributed by atoms with E-state index >= 15 is 0 Å². The average molecular weight is 595 g/mol. The number of fused-ring (bicyclic) bond motifs is 1. The number of nitrogens with zero attached hydrogens (tertiary/aromatic N) is 2. The summed E-state index contributed by atoms with van der Waals surface area (Å²) in [6.45, 7) is 2.66. The second-order valence-electron chi connectivity index (χ2n) is 8.16. The zero-order chi connectivity index (χ0) is 27.9. The third-order valence-electron chi connectivity index (χ3n) is 5.44. The average Bonchev–Trinajstić information content (AvgIpc) is 3.33. The van der Waals surface area contributed by atoms with Crippen LogP contribution in [0, 0.1) is 0 Å². The summed E-state index contributed by atoms with van der Waals surface area (Å²) in [6, 6.07) is 7.25. The van der Waals surface area contributed by atoms with E-state index in [2.05, 4.69) is 10.2 Å². The van der Waals surface area contributed by atoms with Crippen molar-refractivity contribution in [3.8, 4) is 0 Å². The number of sulfonamides is 2. The first-order valence-electron chi connectivity index (χ1n) is 11.4. The maximum absolute atomic E-state index is 13.2. The molecule has 0 fully saturated rings. The first-order valence-corrected chi connectivity index (χ1v) is 15.2. The van der Waals surface area contributed by atoms with Crippen LogP contribution in [0.15, 0.2) is 38.8 Å². The minimum absolute atomic E-state index is 0.0933. The SMILES string of the molecule is CCN[C@H]1CN(CCCOC)S(=O)(=O)c2sc(S(=O)(=O)NC(=O)OCc3cccc(CON(O)O)c3)cc21. The van der Waals surface area contributed by atoms with Crippen molar-refractivity contribution in [2.75, 3.05) is 33.4 Å². The van der Waals surface area contributed by atoms with Crippen LogP contribution in [0.5, 0.6) is 0 Å². The molecule has 0 spiro atoms. The Labute approximate surface area is 224 Å². The largest absolute Gasteiger partial charge is 0.444 e. The lowest BCUT2D eigenvalue weighted by atomic mass is 10.1. The predicted octanol–water partition coefficient (Wildman–Crippen LogP) is 1.57. The maximum Gasteiger partial charge on any atom is 0.421 e. The van der Waals surface area contributed by atoms with E-state index in [4.69, 9.17) is 19.9 Å². The molecular weight excluding hydrogens is 564 g/mol. The molecule has 2 aromatic rings. The van der Waals surface area contributed by atoms with E-state index in [1.54, 1.807) is 24.3 Å². The first kappa shape index (κ1) is 30.4. The van der Waals surface area contributed by atoms with Crippen molar-refractivity contribution in [1.82, 2.24) is 19.7 Å². The fourth-order valence-corrected chi connectivity index (χ4v) is 8.53. The van der Waals surface area contributed by atoms with Crippen LogP contribution >= 0.6 is 11.3 Å². The van der Waals surface area contributed by atoms with E-state index in [9.17, 15) is 21.6 Å². The lowest BCUT2D eigenvalue weighted by molar-refractivity contribution is -0.497. The molecule has 0 radical (unpaired) electrons. The molecular formula is C21H30N4O10S3. The fraction of sp³-hybridized carbons (Fsp3) is 0.476. The summed E-state index contributed by atoms with van der Waals surface area (Å²) < 4.78 is 65.0. The number of carbonyl (C=O) groups excluding carboxylic acids is 1. The van der Waals surface area contributed by atoms with Crippen molar-refractivity contribution in [2.45, 2.75) is 41.0 Å². The highest BCUT2D eigenvalue weighted by Crippen LogP contribution is 2.40. The smallest absolute Gasteiger partial charge is 0.421 e. The Bertz CT molecular complexity index is 1310. The first-order chi connectivity index (χ1) is 18.0. The van der Waals surface area contributed by atoms with Gasteiger partial charge in [0.1, 0.15) is 15.0 Å².